The van der Waals surface area contributed by atoms with E-state index in [1.165, 1.54) is 16.8 Å². The Labute approximate surface area is 161 Å². The molecule has 0 fully saturated rings. The molecule has 0 aliphatic rings. The lowest BCUT2D eigenvalue weighted by Gasteiger charge is -2.17. The van der Waals surface area contributed by atoms with Gasteiger partial charge in [0, 0.05) is 12.0 Å². The number of ether oxygens (including phenoxy) is 1. The van der Waals surface area contributed by atoms with Crippen molar-refractivity contribution >= 4 is 5.91 Å². The Morgan fingerprint density at radius 1 is 1.21 bits per heavy atom. The van der Waals surface area contributed by atoms with Crippen LogP contribution in [0.25, 0.3) is 0 Å². The van der Waals surface area contributed by atoms with Crippen molar-refractivity contribution in [1.29, 1.82) is 0 Å². The maximum atomic E-state index is 13.2. The molecule has 3 aromatic rings. The monoisotopic (exact) mass is 385 g/mol. The number of hydroxylamine groups is 1. The second kappa shape index (κ2) is 9.05. The van der Waals surface area contributed by atoms with E-state index in [9.17, 15) is 9.18 Å². The number of rotatable bonds is 8. The van der Waals surface area contributed by atoms with Gasteiger partial charge in [0.15, 0.2) is 0 Å². The average molecular weight is 385 g/mol. The number of tetrazole rings is 1. The molecule has 0 radical (unpaired) electrons. The lowest BCUT2D eigenvalue weighted by Crippen LogP contribution is -2.35. The third kappa shape index (κ3) is 4.68. The van der Waals surface area contributed by atoms with E-state index in [-0.39, 0.29) is 18.8 Å². The fraction of sp³-hybridized carbons (Fsp3) is 0.263. The zero-order chi connectivity index (χ0) is 19.9. The zero-order valence-electron chi connectivity index (χ0n) is 15.5. The maximum Gasteiger partial charge on any atom is 0.268 e. The third-order valence-electron chi connectivity index (χ3n) is 4.19. The summed E-state index contributed by atoms with van der Waals surface area (Å²) in [5.74, 6) is 0.376. The van der Waals surface area contributed by atoms with Crippen molar-refractivity contribution in [3.8, 4) is 5.75 Å². The van der Waals surface area contributed by atoms with Crippen molar-refractivity contribution in [2.45, 2.75) is 26.0 Å². The summed E-state index contributed by atoms with van der Waals surface area (Å²) in [7, 11) is 1.57. The topological polar surface area (TPSA) is 91.2 Å². The molecule has 9 heteroatoms. The smallest absolute Gasteiger partial charge is 0.268 e. The first-order valence-corrected chi connectivity index (χ1v) is 8.61. The predicted octanol–water partition coefficient (Wildman–Crippen LogP) is 2.16. The Balaban J connectivity index is 1.70. The summed E-state index contributed by atoms with van der Waals surface area (Å²) >= 11 is 0. The van der Waals surface area contributed by atoms with Crippen LogP contribution < -0.4 is 10.2 Å². The predicted molar refractivity (Wildman–Crippen MR) is 97.6 cm³/mol. The van der Waals surface area contributed by atoms with E-state index in [0.29, 0.717) is 11.6 Å². The largest absolute Gasteiger partial charge is 0.496 e. The van der Waals surface area contributed by atoms with Crippen LogP contribution in [0.2, 0.25) is 0 Å². The average Bonchev–Trinajstić information content (AvgIpc) is 3.13. The molecular formula is C19H20FN5O3. The van der Waals surface area contributed by atoms with Gasteiger partial charge in [-0.15, -0.1) is 5.10 Å². The molecule has 1 aromatic heterocycles. The Bertz CT molecular complexity index is 929. The van der Waals surface area contributed by atoms with Crippen LogP contribution in [0.4, 0.5) is 4.39 Å². The van der Waals surface area contributed by atoms with Gasteiger partial charge in [-0.1, -0.05) is 30.3 Å². The minimum absolute atomic E-state index is 0.133. The van der Waals surface area contributed by atoms with E-state index in [1.807, 2.05) is 24.3 Å². The molecule has 1 unspecified atom stereocenters. The van der Waals surface area contributed by atoms with Crippen LogP contribution in [0.1, 0.15) is 23.0 Å². The minimum Gasteiger partial charge on any atom is -0.496 e. The van der Waals surface area contributed by atoms with Gasteiger partial charge in [0.2, 0.25) is 0 Å². The molecule has 0 aliphatic carbocycles. The Morgan fingerprint density at radius 3 is 2.64 bits per heavy atom. The number of carbonyl (C=O) groups excluding carboxylic acids is 1. The highest BCUT2D eigenvalue weighted by atomic mass is 19.1. The molecule has 28 heavy (non-hydrogen) atoms. The quantitative estimate of drug-likeness (QED) is 0.598. The summed E-state index contributed by atoms with van der Waals surface area (Å²) in [6, 6.07) is 12.5. The fourth-order valence-corrected chi connectivity index (χ4v) is 2.74. The second-order valence-electron chi connectivity index (χ2n) is 6.08. The number of nitrogens with one attached hydrogen (secondary N) is 1. The van der Waals surface area contributed by atoms with E-state index in [1.54, 1.807) is 26.2 Å². The first-order valence-electron chi connectivity index (χ1n) is 8.61. The van der Waals surface area contributed by atoms with E-state index < -0.39 is 11.9 Å². The molecule has 2 aromatic carbocycles. The standard InChI is InChI=1S/C19H20FN5O3/c1-13-21-23-24-25(13)17(11-14-7-9-16(20)10-8-14)19(26)22-28-12-15-5-3-4-6-18(15)27-2/h3-10,17H,11-12H2,1-2H3,(H,22,26). The van der Waals surface area contributed by atoms with Crippen LogP contribution in [-0.4, -0.2) is 33.2 Å². The van der Waals surface area contributed by atoms with Crippen LogP contribution in [0.3, 0.4) is 0 Å². The number of hydrogen-bond donors (Lipinski definition) is 1. The molecule has 1 amide bonds. The van der Waals surface area contributed by atoms with Gasteiger partial charge < -0.3 is 4.74 Å². The van der Waals surface area contributed by atoms with Gasteiger partial charge in [-0.25, -0.2) is 14.6 Å². The summed E-state index contributed by atoms with van der Waals surface area (Å²) in [5.41, 5.74) is 4.00. The van der Waals surface area contributed by atoms with Crippen molar-refractivity contribution in [1.82, 2.24) is 25.7 Å². The van der Waals surface area contributed by atoms with Crippen molar-refractivity contribution in [2.75, 3.05) is 7.11 Å². The van der Waals surface area contributed by atoms with Crippen LogP contribution in [-0.2, 0) is 22.7 Å². The molecule has 1 atom stereocenters. The fourth-order valence-electron chi connectivity index (χ4n) is 2.74. The number of aryl methyl sites for hydroxylation is 1. The Hall–Kier alpha value is -3.33. The molecule has 0 saturated carbocycles. The number of para-hydroxylation sites is 1. The summed E-state index contributed by atoms with van der Waals surface area (Å²) in [4.78, 5) is 18.1. The van der Waals surface area contributed by atoms with Gasteiger partial charge >= 0.3 is 0 Å². The maximum absolute atomic E-state index is 13.2. The number of amides is 1. The Kier molecular flexibility index (Phi) is 6.28. The van der Waals surface area contributed by atoms with Gasteiger partial charge in [0.05, 0.1) is 7.11 Å². The number of carbonyl (C=O) groups is 1. The third-order valence-corrected chi connectivity index (χ3v) is 4.19. The summed E-state index contributed by atoms with van der Waals surface area (Å²) in [6.45, 7) is 1.83. The van der Waals surface area contributed by atoms with Crippen LogP contribution in [0.15, 0.2) is 48.5 Å². The molecule has 0 spiro atoms. The number of hydrogen-bond acceptors (Lipinski definition) is 6. The Morgan fingerprint density at radius 2 is 1.96 bits per heavy atom. The molecule has 0 bridgehead atoms. The number of halogens is 1. The summed E-state index contributed by atoms with van der Waals surface area (Å²) < 4.78 is 19.8. The molecule has 1 N–H and O–H groups in total. The van der Waals surface area contributed by atoms with E-state index in [2.05, 4.69) is 21.0 Å². The van der Waals surface area contributed by atoms with Gasteiger partial charge in [-0.2, -0.15) is 0 Å². The molecular weight excluding hydrogens is 365 g/mol. The number of benzene rings is 2. The number of aromatic nitrogens is 4. The van der Waals surface area contributed by atoms with Crippen molar-refractivity contribution in [3.63, 3.8) is 0 Å². The van der Waals surface area contributed by atoms with Crippen LogP contribution >= 0.6 is 0 Å². The summed E-state index contributed by atoms with van der Waals surface area (Å²) in [5, 5.41) is 11.3. The highest BCUT2D eigenvalue weighted by Crippen LogP contribution is 2.19. The molecule has 8 nitrogen and oxygen atoms in total. The van der Waals surface area contributed by atoms with Gasteiger partial charge in [0.1, 0.15) is 30.0 Å². The first kappa shape index (κ1) is 19.4. The van der Waals surface area contributed by atoms with Gasteiger partial charge in [-0.05, 0) is 41.1 Å². The first-order chi connectivity index (χ1) is 13.6. The lowest BCUT2D eigenvalue weighted by atomic mass is 10.1. The zero-order valence-corrected chi connectivity index (χ0v) is 15.5. The summed E-state index contributed by atoms with van der Waals surface area (Å²) in [6.07, 6.45) is 0.274. The lowest BCUT2D eigenvalue weighted by molar-refractivity contribution is -0.138. The van der Waals surface area contributed by atoms with Gasteiger partial charge in [-0.3, -0.25) is 9.63 Å². The molecule has 0 aliphatic heterocycles. The van der Waals surface area contributed by atoms with E-state index >= 15 is 0 Å². The van der Waals surface area contributed by atoms with Crippen molar-refractivity contribution in [2.24, 2.45) is 0 Å². The van der Waals surface area contributed by atoms with E-state index in [0.717, 1.165) is 11.1 Å². The normalized spacial score (nSPS) is 11.8. The SMILES string of the molecule is COc1ccccc1CONC(=O)C(Cc1ccc(F)cc1)n1nnnc1C. The molecule has 0 saturated heterocycles. The number of methoxy groups -OCH3 is 1. The number of nitrogens with zero attached hydrogens (tertiary/aromatic N) is 4. The highest BCUT2D eigenvalue weighted by Gasteiger charge is 2.24. The van der Waals surface area contributed by atoms with Gasteiger partial charge in [0.25, 0.3) is 5.91 Å². The van der Waals surface area contributed by atoms with Crippen LogP contribution in [0.5, 0.6) is 5.75 Å². The molecule has 1 heterocycles. The second-order valence-corrected chi connectivity index (χ2v) is 6.08. The molecule has 3 rings (SSSR count). The molecule has 146 valence electrons. The van der Waals surface area contributed by atoms with Crippen LogP contribution in [0, 0.1) is 12.7 Å². The van der Waals surface area contributed by atoms with Crippen molar-refractivity contribution < 1.29 is 18.8 Å². The minimum atomic E-state index is -0.752. The van der Waals surface area contributed by atoms with E-state index in [4.69, 9.17) is 9.57 Å². The highest BCUT2D eigenvalue weighted by molar-refractivity contribution is 5.79. The van der Waals surface area contributed by atoms with Crippen molar-refractivity contribution in [3.05, 3.63) is 71.3 Å².